The summed E-state index contributed by atoms with van der Waals surface area (Å²) in [5.41, 5.74) is 2.21. The minimum absolute atomic E-state index is 0.239. The normalized spacial score (nSPS) is 14.8. The molecule has 1 aliphatic heterocycles. The highest BCUT2D eigenvalue weighted by Crippen LogP contribution is 2.09. The third-order valence-electron chi connectivity index (χ3n) is 2.55. The smallest absolute Gasteiger partial charge is 0.337 e. The number of ether oxygens (including phenoxy) is 1. The van der Waals surface area contributed by atoms with E-state index in [0.29, 0.717) is 17.2 Å². The quantitative estimate of drug-likeness (QED) is 0.623. The fourth-order valence-corrected chi connectivity index (χ4v) is 1.76. The number of thiocarbonyl (C=S) groups is 1. The first-order valence-electron chi connectivity index (χ1n) is 5.47. The summed E-state index contributed by atoms with van der Waals surface area (Å²) in [5, 5.41) is 6.32. The van der Waals surface area contributed by atoms with Crippen LogP contribution in [0.1, 0.15) is 12.5 Å². The fourth-order valence-electron chi connectivity index (χ4n) is 1.53. The predicted octanol–water partition coefficient (Wildman–Crippen LogP) is 0.876. The number of hydrogen-bond acceptors (Lipinski definition) is 4. The Bertz CT molecular complexity index is 499. The molecular formula is C12H13N3O2S. The van der Waals surface area contributed by atoms with Crippen LogP contribution in [0, 0.1) is 0 Å². The zero-order valence-electron chi connectivity index (χ0n) is 9.90. The highest BCUT2D eigenvalue weighted by atomic mass is 32.1. The molecule has 0 aliphatic carbocycles. The van der Waals surface area contributed by atoms with E-state index in [-0.39, 0.29) is 12.6 Å². The Morgan fingerprint density at radius 3 is 2.89 bits per heavy atom. The van der Waals surface area contributed by atoms with Gasteiger partial charge >= 0.3 is 5.97 Å². The van der Waals surface area contributed by atoms with E-state index in [4.69, 9.17) is 17.0 Å². The van der Waals surface area contributed by atoms with Gasteiger partial charge in [0.05, 0.1) is 12.1 Å². The summed E-state index contributed by atoms with van der Waals surface area (Å²) in [6, 6.07) is 3.61. The monoisotopic (exact) mass is 263 g/mol. The van der Waals surface area contributed by atoms with Crippen LogP contribution >= 0.6 is 12.2 Å². The molecule has 0 amide bonds. The summed E-state index contributed by atoms with van der Waals surface area (Å²) in [6.07, 6.45) is 3.33. The maximum Gasteiger partial charge on any atom is 0.337 e. The van der Waals surface area contributed by atoms with E-state index in [9.17, 15) is 4.79 Å². The molecule has 0 aromatic carbocycles. The number of nitrogens with zero attached hydrogens (tertiary/aromatic N) is 1. The second-order valence-electron chi connectivity index (χ2n) is 3.84. The number of carbonyl (C=O) groups is 1. The van der Waals surface area contributed by atoms with Crippen LogP contribution in [0.25, 0.3) is 0 Å². The van der Waals surface area contributed by atoms with Crippen molar-refractivity contribution in [2.45, 2.75) is 13.5 Å². The van der Waals surface area contributed by atoms with Gasteiger partial charge in [0.15, 0.2) is 5.11 Å². The van der Waals surface area contributed by atoms with Crippen molar-refractivity contribution in [3.8, 4) is 0 Å². The van der Waals surface area contributed by atoms with Crippen LogP contribution < -0.4 is 10.6 Å². The lowest BCUT2D eigenvalue weighted by molar-refractivity contribution is -0.140. The van der Waals surface area contributed by atoms with Gasteiger partial charge in [0.25, 0.3) is 0 Å². The first-order valence-corrected chi connectivity index (χ1v) is 5.88. The molecule has 0 spiro atoms. The molecule has 5 nitrogen and oxygen atoms in total. The molecule has 0 atom stereocenters. The van der Waals surface area contributed by atoms with Crippen LogP contribution in [-0.4, -0.2) is 22.6 Å². The molecule has 0 unspecified atom stereocenters. The fraction of sp³-hybridized carbons (Fsp3) is 0.250. The molecule has 0 bridgehead atoms. The number of carbonyl (C=O) groups excluding carboxylic acids is 1. The van der Waals surface area contributed by atoms with Gasteiger partial charge in [-0.2, -0.15) is 0 Å². The van der Waals surface area contributed by atoms with E-state index in [2.05, 4.69) is 15.6 Å². The second-order valence-corrected chi connectivity index (χ2v) is 4.25. The lowest BCUT2D eigenvalue weighted by Gasteiger charge is -2.20. The van der Waals surface area contributed by atoms with Gasteiger partial charge in [0, 0.05) is 18.1 Å². The number of aromatic nitrogens is 1. The molecule has 1 aliphatic rings. The molecule has 6 heteroatoms. The zero-order valence-corrected chi connectivity index (χ0v) is 10.7. The van der Waals surface area contributed by atoms with E-state index < -0.39 is 0 Å². The second kappa shape index (κ2) is 5.59. The van der Waals surface area contributed by atoms with E-state index in [1.807, 2.05) is 0 Å². The van der Waals surface area contributed by atoms with Gasteiger partial charge in [-0.1, -0.05) is 0 Å². The lowest BCUT2D eigenvalue weighted by atomic mass is 10.2. The van der Waals surface area contributed by atoms with Crippen molar-refractivity contribution >= 4 is 23.3 Å². The molecule has 2 rings (SSSR count). The first-order chi connectivity index (χ1) is 8.66. The summed E-state index contributed by atoms with van der Waals surface area (Å²) in [5.74, 6) is -0.341. The van der Waals surface area contributed by atoms with E-state index in [1.54, 1.807) is 31.5 Å². The Labute approximate surface area is 110 Å². The third kappa shape index (κ3) is 3.04. The minimum Gasteiger partial charge on any atom is -0.457 e. The molecule has 2 N–H and O–H groups in total. The Morgan fingerprint density at radius 2 is 2.22 bits per heavy atom. The van der Waals surface area contributed by atoms with Gasteiger partial charge in [-0.3, -0.25) is 4.98 Å². The molecule has 0 radical (unpaired) electrons. The predicted molar refractivity (Wildman–Crippen MR) is 70.5 cm³/mol. The maximum absolute atomic E-state index is 11.9. The molecule has 94 valence electrons. The number of hydrogen-bond donors (Lipinski definition) is 2. The largest absolute Gasteiger partial charge is 0.457 e. The SMILES string of the molecule is CC1=C(C(=O)OCc2ccncc2)CNC(=S)N1. The molecule has 2 heterocycles. The molecule has 0 saturated carbocycles. The molecular weight excluding hydrogens is 250 g/mol. The van der Waals surface area contributed by atoms with Crippen LogP contribution in [-0.2, 0) is 16.1 Å². The summed E-state index contributed by atoms with van der Waals surface area (Å²) >= 11 is 4.95. The van der Waals surface area contributed by atoms with Crippen LogP contribution in [0.2, 0.25) is 0 Å². The van der Waals surface area contributed by atoms with Crippen molar-refractivity contribution in [3.05, 3.63) is 41.4 Å². The summed E-state index contributed by atoms with van der Waals surface area (Å²) in [4.78, 5) is 15.8. The Morgan fingerprint density at radius 1 is 1.50 bits per heavy atom. The van der Waals surface area contributed by atoms with Crippen LogP contribution in [0.5, 0.6) is 0 Å². The van der Waals surface area contributed by atoms with Crippen LogP contribution in [0.4, 0.5) is 0 Å². The van der Waals surface area contributed by atoms with Crippen molar-refractivity contribution in [1.29, 1.82) is 0 Å². The van der Waals surface area contributed by atoms with E-state index in [1.165, 1.54) is 0 Å². The maximum atomic E-state index is 11.9. The van der Waals surface area contributed by atoms with Crippen molar-refractivity contribution < 1.29 is 9.53 Å². The number of allylic oxidation sites excluding steroid dienone is 1. The number of esters is 1. The average molecular weight is 263 g/mol. The van der Waals surface area contributed by atoms with Crippen molar-refractivity contribution in [2.24, 2.45) is 0 Å². The number of pyridine rings is 1. The Kier molecular flexibility index (Phi) is 3.88. The van der Waals surface area contributed by atoms with E-state index >= 15 is 0 Å². The standard InChI is InChI=1S/C12H13N3O2S/c1-8-10(6-14-12(18)15-8)11(16)17-7-9-2-4-13-5-3-9/h2-5H,6-7H2,1H3,(H2,14,15,18). The Hall–Kier alpha value is -1.95. The summed E-state index contributed by atoms with van der Waals surface area (Å²) in [6.45, 7) is 2.44. The summed E-state index contributed by atoms with van der Waals surface area (Å²) in [7, 11) is 0. The van der Waals surface area contributed by atoms with Gasteiger partial charge in [0.2, 0.25) is 0 Å². The van der Waals surface area contributed by atoms with Gasteiger partial charge in [0.1, 0.15) is 6.61 Å². The highest BCUT2D eigenvalue weighted by molar-refractivity contribution is 7.80. The van der Waals surface area contributed by atoms with Crippen molar-refractivity contribution in [2.75, 3.05) is 6.54 Å². The lowest BCUT2D eigenvalue weighted by Crippen LogP contribution is -2.42. The van der Waals surface area contributed by atoms with Gasteiger partial charge in [-0.15, -0.1) is 0 Å². The number of rotatable bonds is 3. The first kappa shape index (κ1) is 12.5. The van der Waals surface area contributed by atoms with Gasteiger partial charge in [-0.05, 0) is 36.8 Å². The van der Waals surface area contributed by atoms with Crippen molar-refractivity contribution in [1.82, 2.24) is 15.6 Å². The Balaban J connectivity index is 1.96. The zero-order chi connectivity index (χ0) is 13.0. The molecule has 0 saturated heterocycles. The van der Waals surface area contributed by atoms with E-state index in [0.717, 1.165) is 11.3 Å². The van der Waals surface area contributed by atoms with Gasteiger partial charge < -0.3 is 15.4 Å². The molecule has 1 aromatic heterocycles. The van der Waals surface area contributed by atoms with Crippen molar-refractivity contribution in [3.63, 3.8) is 0 Å². The topological polar surface area (TPSA) is 63.2 Å². The summed E-state index contributed by atoms with van der Waals surface area (Å²) < 4.78 is 5.23. The molecule has 18 heavy (non-hydrogen) atoms. The minimum atomic E-state index is -0.341. The number of nitrogens with one attached hydrogen (secondary N) is 2. The van der Waals surface area contributed by atoms with Gasteiger partial charge in [-0.25, -0.2) is 4.79 Å². The molecule has 1 aromatic rings. The molecule has 0 fully saturated rings. The highest BCUT2D eigenvalue weighted by Gasteiger charge is 2.19. The third-order valence-corrected chi connectivity index (χ3v) is 2.79. The average Bonchev–Trinajstić information content (AvgIpc) is 2.37. The van der Waals surface area contributed by atoms with Crippen LogP contribution in [0.3, 0.4) is 0 Å². The van der Waals surface area contributed by atoms with Crippen LogP contribution in [0.15, 0.2) is 35.8 Å².